The first-order chi connectivity index (χ1) is 18.0. The third-order valence-electron chi connectivity index (χ3n) is 6.71. The maximum absolute atomic E-state index is 13.3. The minimum atomic E-state index is -0.733. The molecule has 0 spiro atoms. The van der Waals surface area contributed by atoms with Crippen LogP contribution in [-0.2, 0) is 16.0 Å². The summed E-state index contributed by atoms with van der Waals surface area (Å²) in [7, 11) is 1.56. The normalized spacial score (nSPS) is 16.9. The lowest BCUT2D eigenvalue weighted by Gasteiger charge is -2.25. The molecule has 2 heterocycles. The molecule has 0 saturated carbocycles. The first-order valence-electron chi connectivity index (χ1n) is 12.2. The Bertz CT molecular complexity index is 1470. The highest BCUT2D eigenvalue weighted by molar-refractivity contribution is 6.46. The summed E-state index contributed by atoms with van der Waals surface area (Å²) in [4.78, 5) is 31.4. The number of benzene rings is 3. The SMILES string of the molecule is CCOc1ccc(C2/C(=C(/O)c3ccc(OC)cc3)C(=O)C(=O)N2CCc2c[nH]c3ccccc23)cc1. The third kappa shape index (κ3) is 4.56. The van der Waals surface area contributed by atoms with Crippen molar-refractivity contribution in [2.24, 2.45) is 0 Å². The molecule has 1 amide bonds. The Hall–Kier alpha value is -4.52. The molecule has 0 radical (unpaired) electrons. The van der Waals surface area contributed by atoms with Crippen LogP contribution >= 0.6 is 0 Å². The molecule has 1 aliphatic rings. The molecule has 0 aliphatic carbocycles. The van der Waals surface area contributed by atoms with Crippen molar-refractivity contribution in [1.82, 2.24) is 9.88 Å². The lowest BCUT2D eigenvalue weighted by Crippen LogP contribution is -2.31. The van der Waals surface area contributed by atoms with Crippen molar-refractivity contribution in [2.75, 3.05) is 20.3 Å². The average molecular weight is 497 g/mol. The van der Waals surface area contributed by atoms with E-state index in [1.165, 1.54) is 0 Å². The van der Waals surface area contributed by atoms with Crippen LogP contribution in [0.3, 0.4) is 0 Å². The van der Waals surface area contributed by atoms with Crippen LogP contribution in [0.2, 0.25) is 0 Å². The topological polar surface area (TPSA) is 91.9 Å². The van der Waals surface area contributed by atoms with Crippen LogP contribution in [0, 0.1) is 0 Å². The van der Waals surface area contributed by atoms with Gasteiger partial charge in [0.2, 0.25) is 0 Å². The number of ketones is 1. The zero-order valence-corrected chi connectivity index (χ0v) is 20.7. The second kappa shape index (κ2) is 10.2. The van der Waals surface area contributed by atoms with Gasteiger partial charge in [0, 0.05) is 29.2 Å². The molecule has 1 aliphatic heterocycles. The fraction of sp³-hybridized carbons (Fsp3) is 0.200. The fourth-order valence-electron chi connectivity index (χ4n) is 4.85. The van der Waals surface area contributed by atoms with Crippen molar-refractivity contribution in [1.29, 1.82) is 0 Å². The Balaban J connectivity index is 1.54. The fourth-order valence-corrected chi connectivity index (χ4v) is 4.85. The number of carbonyl (C=O) groups excluding carboxylic acids is 2. The van der Waals surface area contributed by atoms with Gasteiger partial charge in [0.25, 0.3) is 11.7 Å². The van der Waals surface area contributed by atoms with Gasteiger partial charge in [-0.3, -0.25) is 9.59 Å². The zero-order chi connectivity index (χ0) is 25.9. The van der Waals surface area contributed by atoms with Crippen molar-refractivity contribution in [3.05, 3.63) is 101 Å². The summed E-state index contributed by atoms with van der Waals surface area (Å²) >= 11 is 0. The number of aliphatic hydroxyl groups is 1. The number of methoxy groups -OCH3 is 1. The second-order valence-corrected chi connectivity index (χ2v) is 8.83. The van der Waals surface area contributed by atoms with E-state index in [9.17, 15) is 14.7 Å². The molecule has 4 aromatic rings. The number of nitrogens with one attached hydrogen (secondary N) is 1. The maximum atomic E-state index is 13.3. The van der Waals surface area contributed by atoms with Crippen molar-refractivity contribution in [3.63, 3.8) is 0 Å². The predicted molar refractivity (Wildman–Crippen MR) is 142 cm³/mol. The first kappa shape index (κ1) is 24.2. The molecule has 7 heteroatoms. The van der Waals surface area contributed by atoms with Gasteiger partial charge in [0.05, 0.1) is 25.3 Å². The number of likely N-dealkylation sites (tertiary alicyclic amines) is 1. The Morgan fingerprint density at radius 2 is 1.68 bits per heavy atom. The quantitative estimate of drug-likeness (QED) is 0.198. The second-order valence-electron chi connectivity index (χ2n) is 8.83. The highest BCUT2D eigenvalue weighted by atomic mass is 16.5. The molecule has 1 saturated heterocycles. The molecular formula is C30H28N2O5. The molecule has 7 nitrogen and oxygen atoms in total. The number of amides is 1. The number of aliphatic hydroxyl groups excluding tert-OH is 1. The molecule has 0 bridgehead atoms. The summed E-state index contributed by atoms with van der Waals surface area (Å²) in [6, 6.07) is 21.3. The maximum Gasteiger partial charge on any atom is 0.295 e. The Morgan fingerprint density at radius 3 is 2.38 bits per heavy atom. The van der Waals surface area contributed by atoms with Gasteiger partial charge in [-0.25, -0.2) is 0 Å². The Labute approximate surface area is 214 Å². The highest BCUT2D eigenvalue weighted by Gasteiger charge is 2.45. The summed E-state index contributed by atoms with van der Waals surface area (Å²) in [5, 5.41) is 12.3. The van der Waals surface area contributed by atoms with E-state index in [4.69, 9.17) is 9.47 Å². The third-order valence-corrected chi connectivity index (χ3v) is 6.71. The van der Waals surface area contributed by atoms with Crippen LogP contribution in [-0.4, -0.2) is 46.9 Å². The minimum Gasteiger partial charge on any atom is -0.507 e. The molecular weight excluding hydrogens is 468 g/mol. The van der Waals surface area contributed by atoms with Crippen LogP contribution in [0.25, 0.3) is 16.7 Å². The molecule has 1 atom stereocenters. The van der Waals surface area contributed by atoms with Crippen molar-refractivity contribution in [2.45, 2.75) is 19.4 Å². The standard InChI is InChI=1S/C30H28N2O5/c1-3-37-23-14-8-19(9-15-23)27-26(28(33)20-10-12-22(36-2)13-11-20)29(34)30(35)32(27)17-16-21-18-31-25-7-5-4-6-24(21)25/h4-15,18,27,31,33H,3,16-17H2,1-2H3/b28-26-. The number of aromatic nitrogens is 1. The molecule has 188 valence electrons. The summed E-state index contributed by atoms with van der Waals surface area (Å²) in [6.07, 6.45) is 2.48. The Kier molecular flexibility index (Phi) is 6.68. The molecule has 1 unspecified atom stereocenters. The van der Waals surface area contributed by atoms with Crippen molar-refractivity contribution >= 4 is 28.4 Å². The van der Waals surface area contributed by atoms with Gasteiger partial charge >= 0.3 is 0 Å². The number of ether oxygens (including phenoxy) is 2. The molecule has 1 fully saturated rings. The number of hydrogen-bond acceptors (Lipinski definition) is 5. The van der Waals surface area contributed by atoms with Crippen molar-refractivity contribution in [3.8, 4) is 11.5 Å². The van der Waals surface area contributed by atoms with Gasteiger partial charge in [0.1, 0.15) is 17.3 Å². The first-order valence-corrected chi connectivity index (χ1v) is 12.2. The Morgan fingerprint density at radius 1 is 0.973 bits per heavy atom. The van der Waals surface area contributed by atoms with Crippen LogP contribution < -0.4 is 9.47 Å². The molecule has 2 N–H and O–H groups in total. The van der Waals surface area contributed by atoms with Gasteiger partial charge in [-0.1, -0.05) is 30.3 Å². The van der Waals surface area contributed by atoms with Crippen molar-refractivity contribution < 1.29 is 24.2 Å². The van der Waals surface area contributed by atoms with E-state index in [1.54, 1.807) is 36.3 Å². The smallest absolute Gasteiger partial charge is 0.295 e. The van der Waals surface area contributed by atoms with E-state index in [2.05, 4.69) is 4.98 Å². The van der Waals surface area contributed by atoms with Gasteiger partial charge in [-0.05, 0) is 66.9 Å². The summed E-state index contributed by atoms with van der Waals surface area (Å²) in [5.41, 5.74) is 3.29. The van der Waals surface area contributed by atoms with Crippen LogP contribution in [0.4, 0.5) is 0 Å². The van der Waals surface area contributed by atoms with Crippen LogP contribution in [0.5, 0.6) is 11.5 Å². The van der Waals surface area contributed by atoms with E-state index >= 15 is 0 Å². The molecule has 37 heavy (non-hydrogen) atoms. The van der Waals surface area contributed by atoms with Crippen LogP contribution in [0.15, 0.2) is 84.6 Å². The number of Topliss-reactive ketones (excluding diaryl/α,β-unsaturated/α-hetero) is 1. The lowest BCUT2D eigenvalue weighted by molar-refractivity contribution is -0.139. The monoisotopic (exact) mass is 496 g/mol. The van der Waals surface area contributed by atoms with Gasteiger partial charge < -0.3 is 24.5 Å². The number of H-pyrrole nitrogens is 1. The molecule has 5 rings (SSSR count). The van der Waals surface area contributed by atoms with Gasteiger partial charge in [-0.2, -0.15) is 0 Å². The van der Waals surface area contributed by atoms with E-state index in [1.807, 2.05) is 61.7 Å². The predicted octanol–water partition coefficient (Wildman–Crippen LogP) is 5.24. The summed E-state index contributed by atoms with van der Waals surface area (Å²) in [6.45, 7) is 2.74. The summed E-state index contributed by atoms with van der Waals surface area (Å²) in [5.74, 6) is -0.231. The molecule has 3 aromatic carbocycles. The number of aromatic amines is 1. The van der Waals surface area contributed by atoms with Crippen LogP contribution in [0.1, 0.15) is 29.7 Å². The number of hydrogen-bond donors (Lipinski definition) is 2. The van der Waals surface area contributed by atoms with E-state index in [-0.39, 0.29) is 11.3 Å². The highest BCUT2D eigenvalue weighted by Crippen LogP contribution is 2.40. The number of rotatable bonds is 8. The summed E-state index contributed by atoms with van der Waals surface area (Å²) < 4.78 is 10.8. The van der Waals surface area contributed by atoms with E-state index in [0.29, 0.717) is 36.6 Å². The minimum absolute atomic E-state index is 0.0678. The van der Waals surface area contributed by atoms with E-state index in [0.717, 1.165) is 22.0 Å². The van der Waals surface area contributed by atoms with E-state index < -0.39 is 17.7 Å². The van der Waals surface area contributed by atoms with Gasteiger partial charge in [0.15, 0.2) is 0 Å². The average Bonchev–Trinajstić information content (AvgIpc) is 3.46. The lowest BCUT2D eigenvalue weighted by atomic mass is 9.95. The number of fused-ring (bicyclic) bond motifs is 1. The number of carbonyl (C=O) groups is 2. The number of nitrogens with zero attached hydrogens (tertiary/aromatic N) is 1. The largest absolute Gasteiger partial charge is 0.507 e. The zero-order valence-electron chi connectivity index (χ0n) is 20.7. The number of para-hydroxylation sites is 1. The molecule has 1 aromatic heterocycles. The van der Waals surface area contributed by atoms with Gasteiger partial charge in [-0.15, -0.1) is 0 Å².